The predicted octanol–water partition coefficient (Wildman–Crippen LogP) is 0.714. The van der Waals surface area contributed by atoms with Crippen LogP contribution < -0.4 is 0 Å². The summed E-state index contributed by atoms with van der Waals surface area (Å²) >= 11 is 0. The van der Waals surface area contributed by atoms with Crippen LogP contribution in [0, 0.1) is 29.1 Å². The largest absolute Gasteiger partial charge is 0.748 e. The highest BCUT2D eigenvalue weighted by Gasteiger charge is 2.29. The third kappa shape index (κ3) is 5.83. The van der Waals surface area contributed by atoms with Gasteiger partial charge in [0, 0.05) is 25.2 Å². The first-order chi connectivity index (χ1) is 13.0. The second-order valence-electron chi connectivity index (χ2n) is 5.97. The molecule has 1 unspecified atom stereocenters. The van der Waals surface area contributed by atoms with Crippen LogP contribution in [0.4, 0.5) is 22.0 Å². The quantitative estimate of drug-likeness (QED) is 0.206. The van der Waals surface area contributed by atoms with E-state index in [0.717, 1.165) is 0 Å². The van der Waals surface area contributed by atoms with Gasteiger partial charge in [-0.25, -0.2) is 30.4 Å². The Bertz CT molecular complexity index is 815. The Morgan fingerprint density at radius 2 is 1.54 bits per heavy atom. The summed E-state index contributed by atoms with van der Waals surface area (Å²) in [5, 5.41) is 0. The molecule has 0 bridgehead atoms. The van der Waals surface area contributed by atoms with Gasteiger partial charge in [-0.3, -0.25) is 9.69 Å². The van der Waals surface area contributed by atoms with Crippen molar-refractivity contribution >= 4 is 16.1 Å². The van der Waals surface area contributed by atoms with E-state index in [9.17, 15) is 39.7 Å². The first kappa shape index (κ1) is 22.5. The van der Waals surface area contributed by atoms with Crippen molar-refractivity contribution in [3.8, 4) is 0 Å². The van der Waals surface area contributed by atoms with Gasteiger partial charge in [0.2, 0.25) is 5.82 Å². The zero-order chi connectivity index (χ0) is 21.1. The number of benzene rings is 1. The number of rotatable bonds is 7. The number of esters is 1. The van der Waals surface area contributed by atoms with E-state index in [1.165, 1.54) is 0 Å². The zero-order valence-electron chi connectivity index (χ0n) is 14.2. The van der Waals surface area contributed by atoms with Gasteiger partial charge in [-0.1, -0.05) is 0 Å². The first-order valence-electron chi connectivity index (χ1n) is 7.93. The van der Waals surface area contributed by atoms with Gasteiger partial charge in [-0.05, 0) is 0 Å². The minimum Gasteiger partial charge on any atom is -0.748 e. The fourth-order valence-electron chi connectivity index (χ4n) is 2.60. The summed E-state index contributed by atoms with van der Waals surface area (Å²) < 4.78 is 110. The Balaban J connectivity index is 2.15. The number of hydrogen-bond acceptors (Lipinski definition) is 7. The molecule has 1 heterocycles. The smallest absolute Gasteiger partial charge is 0.310 e. The van der Waals surface area contributed by atoms with Crippen LogP contribution >= 0.6 is 0 Å². The molecule has 1 aromatic rings. The van der Waals surface area contributed by atoms with Crippen molar-refractivity contribution in [2.24, 2.45) is 0 Å². The Morgan fingerprint density at radius 3 is 2.04 bits per heavy atom. The van der Waals surface area contributed by atoms with Gasteiger partial charge in [0.1, 0.15) is 6.10 Å². The Labute approximate surface area is 156 Å². The molecule has 13 heteroatoms. The van der Waals surface area contributed by atoms with E-state index in [1.807, 2.05) is 0 Å². The monoisotopic (exact) mass is 432 g/mol. The Morgan fingerprint density at radius 1 is 1.04 bits per heavy atom. The van der Waals surface area contributed by atoms with E-state index in [4.69, 9.17) is 9.47 Å². The first-order valence-corrected chi connectivity index (χ1v) is 9.50. The summed E-state index contributed by atoms with van der Waals surface area (Å²) in [5.74, 6) is -13.8. The molecule has 28 heavy (non-hydrogen) atoms. The maximum Gasteiger partial charge on any atom is 0.310 e. The zero-order valence-corrected chi connectivity index (χ0v) is 15.0. The van der Waals surface area contributed by atoms with E-state index in [2.05, 4.69) is 0 Å². The lowest BCUT2D eigenvalue weighted by Crippen LogP contribution is -2.44. The Hall–Kier alpha value is -1.83. The lowest BCUT2D eigenvalue weighted by atomic mass is 10.1. The fourth-order valence-corrected chi connectivity index (χ4v) is 3.23. The number of hydrogen-bond donors (Lipinski definition) is 0. The molecular formula is C15H15F5NO6S-. The molecule has 158 valence electrons. The number of carbonyl (C=O) groups is 1. The summed E-state index contributed by atoms with van der Waals surface area (Å²) in [4.78, 5) is 13.6. The SMILES string of the molecule is O=C(Cc1c(F)c(F)c(F)c(F)c1F)OC(CN1CCOCC1)CS(=O)(=O)[O-]. The average Bonchev–Trinajstić information content (AvgIpc) is 2.61. The van der Waals surface area contributed by atoms with E-state index in [1.54, 1.807) is 4.90 Å². The van der Waals surface area contributed by atoms with Gasteiger partial charge < -0.3 is 14.0 Å². The molecule has 1 atom stereocenters. The highest BCUT2D eigenvalue weighted by molar-refractivity contribution is 7.85. The maximum absolute atomic E-state index is 13.6. The third-order valence-electron chi connectivity index (χ3n) is 3.88. The third-order valence-corrected chi connectivity index (χ3v) is 4.66. The topological polar surface area (TPSA) is 96.0 Å². The highest BCUT2D eigenvalue weighted by atomic mass is 32.2. The number of nitrogens with zero attached hydrogens (tertiary/aromatic N) is 1. The van der Waals surface area contributed by atoms with Crippen LogP contribution in [0.1, 0.15) is 5.56 Å². The molecule has 0 aliphatic carbocycles. The van der Waals surface area contributed by atoms with Gasteiger partial charge in [0.05, 0.1) is 35.5 Å². The Kier molecular flexibility index (Phi) is 7.31. The number of ether oxygens (including phenoxy) is 2. The molecule has 2 rings (SSSR count). The van der Waals surface area contributed by atoms with Crippen LogP contribution in [0.3, 0.4) is 0 Å². The fraction of sp³-hybridized carbons (Fsp3) is 0.533. The second-order valence-corrected chi connectivity index (χ2v) is 7.42. The molecule has 1 aromatic carbocycles. The van der Waals surface area contributed by atoms with Crippen LogP contribution in [0.15, 0.2) is 0 Å². The molecule has 0 amide bonds. The van der Waals surface area contributed by atoms with Gasteiger partial charge in [0.25, 0.3) is 0 Å². The van der Waals surface area contributed by atoms with Crippen molar-refractivity contribution in [3.63, 3.8) is 0 Å². The molecule has 1 aliphatic rings. The molecule has 0 N–H and O–H groups in total. The van der Waals surface area contributed by atoms with Gasteiger partial charge >= 0.3 is 5.97 Å². The van der Waals surface area contributed by atoms with Crippen molar-refractivity contribution in [2.75, 3.05) is 38.6 Å². The van der Waals surface area contributed by atoms with Crippen LogP contribution in [0.2, 0.25) is 0 Å². The van der Waals surface area contributed by atoms with E-state index in [-0.39, 0.29) is 6.54 Å². The van der Waals surface area contributed by atoms with Crippen molar-refractivity contribution in [1.29, 1.82) is 0 Å². The van der Waals surface area contributed by atoms with Gasteiger partial charge in [0.15, 0.2) is 23.3 Å². The number of morpholine rings is 1. The molecular weight excluding hydrogens is 417 g/mol. The average molecular weight is 432 g/mol. The summed E-state index contributed by atoms with van der Waals surface area (Å²) in [6, 6.07) is 0. The summed E-state index contributed by atoms with van der Waals surface area (Å²) in [6.45, 7) is 1.15. The van der Waals surface area contributed by atoms with Crippen LogP contribution in [-0.2, 0) is 30.8 Å². The van der Waals surface area contributed by atoms with E-state index < -0.39 is 69.0 Å². The minimum absolute atomic E-state index is 0.187. The molecule has 1 fully saturated rings. The standard InChI is InChI=1S/C15H16F5NO6S/c16-11-9(12(17)14(19)15(20)13(11)18)5-10(22)27-8(7-28(23,24)25)6-21-1-3-26-4-2-21/h8H,1-7H2,(H,23,24,25)/p-1. The molecule has 0 aromatic heterocycles. The van der Waals surface area contributed by atoms with Crippen LogP contribution in [0.25, 0.3) is 0 Å². The van der Waals surface area contributed by atoms with Gasteiger partial charge in [-0.2, -0.15) is 0 Å². The maximum atomic E-state index is 13.6. The van der Waals surface area contributed by atoms with Crippen LogP contribution in [0.5, 0.6) is 0 Å². The lowest BCUT2D eigenvalue weighted by molar-refractivity contribution is -0.148. The summed E-state index contributed by atoms with van der Waals surface area (Å²) in [5.41, 5.74) is -1.42. The highest BCUT2D eigenvalue weighted by Crippen LogP contribution is 2.23. The van der Waals surface area contributed by atoms with Crippen molar-refractivity contribution in [2.45, 2.75) is 12.5 Å². The second kappa shape index (κ2) is 9.11. The van der Waals surface area contributed by atoms with E-state index >= 15 is 0 Å². The molecule has 0 saturated carbocycles. The van der Waals surface area contributed by atoms with Crippen molar-refractivity contribution < 1.29 is 49.2 Å². The molecule has 1 saturated heterocycles. The minimum atomic E-state index is -4.83. The predicted molar refractivity (Wildman–Crippen MR) is 81.6 cm³/mol. The molecule has 0 radical (unpaired) electrons. The molecule has 0 spiro atoms. The summed E-state index contributed by atoms with van der Waals surface area (Å²) in [7, 11) is -4.83. The van der Waals surface area contributed by atoms with E-state index in [0.29, 0.717) is 26.3 Å². The lowest BCUT2D eigenvalue weighted by Gasteiger charge is -2.30. The number of carbonyl (C=O) groups excluding carboxylic acids is 1. The summed E-state index contributed by atoms with van der Waals surface area (Å²) in [6.07, 6.45) is -2.83. The van der Waals surface area contributed by atoms with Crippen molar-refractivity contribution in [3.05, 3.63) is 34.6 Å². The van der Waals surface area contributed by atoms with Gasteiger partial charge in [-0.15, -0.1) is 0 Å². The normalized spacial score (nSPS) is 16.8. The molecule has 1 aliphatic heterocycles. The molecule has 7 nitrogen and oxygen atoms in total. The number of halogens is 5. The van der Waals surface area contributed by atoms with Crippen molar-refractivity contribution in [1.82, 2.24) is 4.90 Å². The van der Waals surface area contributed by atoms with Crippen LogP contribution in [-0.4, -0.2) is 68.5 Å².